The van der Waals surface area contributed by atoms with E-state index in [-0.39, 0.29) is 6.42 Å². The lowest BCUT2D eigenvalue weighted by Gasteiger charge is -2.22. The van der Waals surface area contributed by atoms with Gasteiger partial charge in [-0.2, -0.15) is 0 Å². The van der Waals surface area contributed by atoms with Crippen LogP contribution in [0, 0.1) is 0 Å². The average molecular weight is 421 g/mol. The fraction of sp³-hybridized carbons (Fsp3) is 0.500. The van der Waals surface area contributed by atoms with Crippen LogP contribution in [-0.4, -0.2) is 49.4 Å². The summed E-state index contributed by atoms with van der Waals surface area (Å²) in [7, 11) is 1.25. The molecule has 0 aliphatic carbocycles. The van der Waals surface area contributed by atoms with Gasteiger partial charge in [-0.1, -0.05) is 42.5 Å². The second kappa shape index (κ2) is 12.6. The maximum atomic E-state index is 12.3. The van der Waals surface area contributed by atoms with E-state index >= 15 is 0 Å². The van der Waals surface area contributed by atoms with Crippen molar-refractivity contribution in [3.63, 3.8) is 0 Å². The van der Waals surface area contributed by atoms with Crippen LogP contribution in [0.2, 0.25) is 0 Å². The van der Waals surface area contributed by atoms with E-state index in [1.54, 1.807) is 32.9 Å². The number of benzene rings is 1. The van der Waals surface area contributed by atoms with Crippen LogP contribution < -0.4 is 10.6 Å². The molecule has 0 aromatic heterocycles. The van der Waals surface area contributed by atoms with Crippen LogP contribution in [-0.2, 0) is 30.4 Å². The van der Waals surface area contributed by atoms with Crippen molar-refractivity contribution in [2.24, 2.45) is 0 Å². The molecule has 1 aromatic rings. The number of amides is 2. The van der Waals surface area contributed by atoms with Gasteiger partial charge in [0.05, 0.1) is 20.3 Å². The minimum atomic E-state index is -0.884. The van der Waals surface area contributed by atoms with Crippen LogP contribution in [0.5, 0.6) is 0 Å². The monoisotopic (exact) mass is 420 g/mol. The molecule has 0 radical (unpaired) electrons. The minimum absolute atomic E-state index is 0.228. The van der Waals surface area contributed by atoms with Gasteiger partial charge in [0.15, 0.2) is 0 Å². The molecule has 0 aliphatic heterocycles. The second-order valence-corrected chi connectivity index (χ2v) is 7.66. The number of methoxy groups -OCH3 is 1. The molecule has 0 bridgehead atoms. The quantitative estimate of drug-likeness (QED) is 0.343. The number of alkyl carbamates (subject to hydrolysis) is 1. The van der Waals surface area contributed by atoms with Crippen molar-refractivity contribution in [3.8, 4) is 0 Å². The summed E-state index contributed by atoms with van der Waals surface area (Å²) >= 11 is 0. The fourth-order valence-corrected chi connectivity index (χ4v) is 2.32. The molecule has 0 saturated carbocycles. The molecular formula is C22H32N2O6. The first-order valence-electron chi connectivity index (χ1n) is 9.76. The second-order valence-electron chi connectivity index (χ2n) is 7.66. The highest BCUT2D eigenvalue weighted by Gasteiger charge is 2.25. The molecule has 0 aliphatic rings. The highest BCUT2D eigenvalue weighted by atomic mass is 16.6. The molecule has 0 heterocycles. The number of ether oxygens (including phenoxy) is 3. The summed E-state index contributed by atoms with van der Waals surface area (Å²) in [6, 6.07) is 8.00. The van der Waals surface area contributed by atoms with Crippen molar-refractivity contribution in [1.82, 2.24) is 10.6 Å². The smallest absolute Gasteiger partial charge is 0.408 e. The Bertz CT molecular complexity index is 712. The Hall–Kier alpha value is -2.87. The molecule has 166 valence electrons. The summed E-state index contributed by atoms with van der Waals surface area (Å²) in [5.74, 6) is -1.10. The molecule has 8 nitrogen and oxygen atoms in total. The molecule has 0 spiro atoms. The van der Waals surface area contributed by atoms with Crippen LogP contribution in [0.4, 0.5) is 4.79 Å². The van der Waals surface area contributed by atoms with E-state index in [0.29, 0.717) is 13.2 Å². The van der Waals surface area contributed by atoms with E-state index in [0.717, 1.165) is 5.56 Å². The molecule has 1 rings (SSSR count). The summed E-state index contributed by atoms with van der Waals surface area (Å²) in [5, 5.41) is 5.01. The lowest BCUT2D eigenvalue weighted by molar-refractivity contribution is -0.145. The minimum Gasteiger partial charge on any atom is -0.467 e. The van der Waals surface area contributed by atoms with E-state index in [4.69, 9.17) is 14.2 Å². The van der Waals surface area contributed by atoms with Crippen molar-refractivity contribution in [2.45, 2.75) is 58.4 Å². The summed E-state index contributed by atoms with van der Waals surface area (Å²) in [4.78, 5) is 36.1. The van der Waals surface area contributed by atoms with Crippen LogP contribution in [0.1, 0.15) is 39.7 Å². The number of hydrogen-bond donors (Lipinski definition) is 2. The Balaban J connectivity index is 2.47. The summed E-state index contributed by atoms with van der Waals surface area (Å²) in [6.07, 6.45) is 3.02. The molecule has 0 saturated heterocycles. The zero-order valence-electron chi connectivity index (χ0n) is 18.3. The van der Waals surface area contributed by atoms with E-state index in [1.165, 1.54) is 14.0 Å². The largest absolute Gasteiger partial charge is 0.467 e. The van der Waals surface area contributed by atoms with Gasteiger partial charge in [-0.05, 0) is 39.7 Å². The lowest BCUT2D eigenvalue weighted by Crippen LogP contribution is -2.51. The molecule has 2 atom stereocenters. The molecule has 2 amide bonds. The Morgan fingerprint density at radius 3 is 2.33 bits per heavy atom. The van der Waals surface area contributed by atoms with E-state index < -0.39 is 35.7 Å². The van der Waals surface area contributed by atoms with Gasteiger partial charge in [-0.15, -0.1) is 0 Å². The number of carbonyl (C=O) groups excluding carboxylic acids is 3. The van der Waals surface area contributed by atoms with E-state index in [1.807, 2.05) is 30.3 Å². The first-order chi connectivity index (χ1) is 14.1. The van der Waals surface area contributed by atoms with E-state index in [9.17, 15) is 14.4 Å². The maximum Gasteiger partial charge on any atom is 0.408 e. The SMILES string of the molecule is COC(=O)[C@H](C/C=C/COCc1ccccc1)NC(=O)[C@H](C)NC(=O)OC(C)(C)C. The van der Waals surface area contributed by atoms with Crippen molar-refractivity contribution in [1.29, 1.82) is 0 Å². The van der Waals surface area contributed by atoms with Crippen LogP contribution in [0.15, 0.2) is 42.5 Å². The average Bonchev–Trinajstić information content (AvgIpc) is 2.68. The Morgan fingerprint density at radius 2 is 1.73 bits per heavy atom. The molecule has 30 heavy (non-hydrogen) atoms. The summed E-state index contributed by atoms with van der Waals surface area (Å²) in [5.41, 5.74) is 0.388. The molecule has 2 N–H and O–H groups in total. The Labute approximate surface area is 178 Å². The summed E-state index contributed by atoms with van der Waals surface area (Å²) in [6.45, 7) is 7.52. The third kappa shape index (κ3) is 10.6. The standard InChI is InChI=1S/C22H32N2O6/c1-16(23-21(27)30-22(2,3)4)19(25)24-18(20(26)28-5)13-9-10-14-29-15-17-11-7-6-8-12-17/h6-12,16,18H,13-15H2,1-5H3,(H,23,27)(H,24,25)/b10-9+/t16-,18-/m0/s1. The number of hydrogen-bond acceptors (Lipinski definition) is 6. The van der Waals surface area contributed by atoms with Crippen molar-refractivity contribution < 1.29 is 28.6 Å². The van der Waals surface area contributed by atoms with Gasteiger partial charge in [-0.25, -0.2) is 9.59 Å². The molecule has 8 heteroatoms. The third-order valence-corrected chi connectivity index (χ3v) is 3.79. The van der Waals surface area contributed by atoms with Crippen LogP contribution in [0.3, 0.4) is 0 Å². The predicted molar refractivity (Wildman–Crippen MR) is 113 cm³/mol. The Morgan fingerprint density at radius 1 is 1.07 bits per heavy atom. The fourth-order valence-electron chi connectivity index (χ4n) is 2.32. The van der Waals surface area contributed by atoms with Gasteiger partial charge in [0.2, 0.25) is 5.91 Å². The van der Waals surface area contributed by atoms with Crippen LogP contribution >= 0.6 is 0 Å². The molecule has 0 fully saturated rings. The predicted octanol–water partition coefficient (Wildman–Crippen LogP) is 2.72. The van der Waals surface area contributed by atoms with Crippen molar-refractivity contribution in [3.05, 3.63) is 48.0 Å². The van der Waals surface area contributed by atoms with Gasteiger partial charge < -0.3 is 24.8 Å². The molecule has 0 unspecified atom stereocenters. The number of esters is 1. The van der Waals surface area contributed by atoms with Crippen LogP contribution in [0.25, 0.3) is 0 Å². The third-order valence-electron chi connectivity index (χ3n) is 3.79. The topological polar surface area (TPSA) is 103 Å². The van der Waals surface area contributed by atoms with Gasteiger partial charge >= 0.3 is 12.1 Å². The number of rotatable bonds is 10. The van der Waals surface area contributed by atoms with Gasteiger partial charge in [0.25, 0.3) is 0 Å². The first kappa shape index (κ1) is 25.2. The van der Waals surface area contributed by atoms with Gasteiger partial charge in [0, 0.05) is 0 Å². The lowest BCUT2D eigenvalue weighted by atomic mass is 10.1. The van der Waals surface area contributed by atoms with E-state index in [2.05, 4.69) is 10.6 Å². The van der Waals surface area contributed by atoms with Crippen molar-refractivity contribution >= 4 is 18.0 Å². The zero-order valence-corrected chi connectivity index (χ0v) is 18.3. The molecular weight excluding hydrogens is 388 g/mol. The van der Waals surface area contributed by atoms with Gasteiger partial charge in [-0.3, -0.25) is 4.79 Å². The highest BCUT2D eigenvalue weighted by molar-refractivity contribution is 5.89. The zero-order chi connectivity index (χ0) is 22.6. The number of carbonyl (C=O) groups is 3. The maximum absolute atomic E-state index is 12.3. The number of nitrogens with one attached hydrogen (secondary N) is 2. The molecule has 1 aromatic carbocycles. The summed E-state index contributed by atoms with van der Waals surface area (Å²) < 4.78 is 15.4. The van der Waals surface area contributed by atoms with Gasteiger partial charge in [0.1, 0.15) is 17.7 Å². The first-order valence-corrected chi connectivity index (χ1v) is 9.76. The highest BCUT2D eigenvalue weighted by Crippen LogP contribution is 2.07. The normalized spacial score (nSPS) is 13.4. The Kier molecular flexibility index (Phi) is 10.6. The van der Waals surface area contributed by atoms with Crippen molar-refractivity contribution in [2.75, 3.05) is 13.7 Å².